The number of allylic oxidation sites excluding steroid dienone is 1. The molecule has 2 bridgehead atoms. The van der Waals surface area contributed by atoms with Gasteiger partial charge in [0.25, 0.3) is 0 Å². The molecule has 9 nitrogen and oxygen atoms in total. The van der Waals surface area contributed by atoms with E-state index < -0.39 is 35.8 Å². The van der Waals surface area contributed by atoms with Crippen molar-refractivity contribution in [2.24, 2.45) is 11.8 Å². The zero-order valence-electron chi connectivity index (χ0n) is 17.7. The molecule has 0 radical (unpaired) electrons. The second-order valence-corrected chi connectivity index (χ2v) is 10.3. The molecule has 0 aromatic carbocycles. The van der Waals surface area contributed by atoms with Crippen LogP contribution in [0.4, 0.5) is 0 Å². The Kier molecular flexibility index (Phi) is 10.4. The fraction of sp³-hybridized carbons (Fsp3) is 0.650. The minimum absolute atomic E-state index is 0.0155. The SMILES string of the molecule is CC(C)[C@H]1CC(=O)CC2/C=C/CCSSC[C@@H](NC1=O)C(=O)NCC(=O)NCC(=O)O2. The number of esters is 1. The van der Waals surface area contributed by atoms with E-state index in [1.807, 2.05) is 19.9 Å². The summed E-state index contributed by atoms with van der Waals surface area (Å²) in [5, 5.41) is 7.63. The third kappa shape index (κ3) is 8.94. The van der Waals surface area contributed by atoms with Crippen molar-refractivity contribution in [2.75, 3.05) is 24.6 Å². The molecular formula is C20H29N3O6S2. The quantitative estimate of drug-likeness (QED) is 0.288. The molecule has 1 fully saturated rings. The lowest BCUT2D eigenvalue weighted by molar-refractivity contribution is -0.148. The molecule has 0 aromatic heterocycles. The molecule has 31 heavy (non-hydrogen) atoms. The molecule has 2 heterocycles. The van der Waals surface area contributed by atoms with E-state index in [1.165, 1.54) is 10.8 Å². The van der Waals surface area contributed by atoms with E-state index in [9.17, 15) is 24.0 Å². The van der Waals surface area contributed by atoms with Crippen molar-refractivity contribution in [3.05, 3.63) is 12.2 Å². The molecule has 2 aliphatic heterocycles. The summed E-state index contributed by atoms with van der Waals surface area (Å²) >= 11 is 0. The Hall–Kier alpha value is -2.01. The predicted octanol–water partition coefficient (Wildman–Crippen LogP) is 0.592. The molecule has 0 spiro atoms. The van der Waals surface area contributed by atoms with Gasteiger partial charge in [-0.05, 0) is 18.4 Å². The van der Waals surface area contributed by atoms with Gasteiger partial charge in [-0.15, -0.1) is 0 Å². The van der Waals surface area contributed by atoms with Crippen molar-refractivity contribution in [2.45, 2.75) is 45.3 Å². The van der Waals surface area contributed by atoms with E-state index in [-0.39, 0.29) is 43.5 Å². The molecule has 11 heteroatoms. The largest absolute Gasteiger partial charge is 0.456 e. The van der Waals surface area contributed by atoms with Gasteiger partial charge in [-0.25, -0.2) is 0 Å². The number of Topliss-reactive ketones (excluding diaryl/α,β-unsaturated/α-hetero) is 1. The number of ketones is 1. The van der Waals surface area contributed by atoms with Crippen LogP contribution in [0.1, 0.15) is 33.1 Å². The van der Waals surface area contributed by atoms with Crippen LogP contribution in [0.15, 0.2) is 12.2 Å². The standard InChI is InChI=1S/C20H29N3O6S2/c1-12(2)15-8-13(24)7-14-5-3-4-6-30-31-11-16(23-19(15)27)20(28)22-9-17(25)21-10-18(26)29-14/h3,5,12,14-16H,4,6-11H2,1-2H3,(H,21,25)(H,22,28)(H,23,27)/b5-3+/t14?,15-,16-/m1/s1. The van der Waals surface area contributed by atoms with Crippen molar-refractivity contribution in [1.82, 2.24) is 16.0 Å². The van der Waals surface area contributed by atoms with Gasteiger partial charge < -0.3 is 20.7 Å². The van der Waals surface area contributed by atoms with Crippen molar-refractivity contribution < 1.29 is 28.7 Å². The number of carbonyl (C=O) groups is 5. The molecule has 172 valence electrons. The van der Waals surface area contributed by atoms with Crippen LogP contribution in [0.25, 0.3) is 0 Å². The minimum atomic E-state index is -0.847. The van der Waals surface area contributed by atoms with Gasteiger partial charge in [-0.2, -0.15) is 0 Å². The number of ether oxygens (including phenoxy) is 1. The van der Waals surface area contributed by atoms with Gasteiger partial charge in [0, 0.05) is 30.3 Å². The van der Waals surface area contributed by atoms with Gasteiger partial charge in [-0.3, -0.25) is 24.0 Å². The van der Waals surface area contributed by atoms with E-state index in [0.29, 0.717) is 12.2 Å². The fourth-order valence-corrected chi connectivity index (χ4v) is 5.22. The van der Waals surface area contributed by atoms with Crippen LogP contribution in [-0.2, 0) is 28.7 Å². The lowest BCUT2D eigenvalue weighted by Gasteiger charge is -2.24. The third-order valence-electron chi connectivity index (χ3n) is 4.82. The molecule has 2 aliphatic rings. The van der Waals surface area contributed by atoms with Gasteiger partial charge >= 0.3 is 5.97 Å². The van der Waals surface area contributed by atoms with Crippen LogP contribution in [0.5, 0.6) is 0 Å². The minimum Gasteiger partial charge on any atom is -0.456 e. The van der Waals surface area contributed by atoms with Gasteiger partial charge in [-0.1, -0.05) is 41.5 Å². The zero-order valence-corrected chi connectivity index (χ0v) is 19.3. The van der Waals surface area contributed by atoms with E-state index in [4.69, 9.17) is 4.74 Å². The van der Waals surface area contributed by atoms with Crippen LogP contribution in [0, 0.1) is 11.8 Å². The fourth-order valence-electron chi connectivity index (χ4n) is 3.07. The predicted molar refractivity (Wildman–Crippen MR) is 119 cm³/mol. The van der Waals surface area contributed by atoms with E-state index >= 15 is 0 Å². The van der Waals surface area contributed by atoms with Gasteiger partial charge in [0.2, 0.25) is 17.7 Å². The molecule has 0 aliphatic carbocycles. The molecule has 2 rings (SSSR count). The third-order valence-corrected chi connectivity index (χ3v) is 7.27. The van der Waals surface area contributed by atoms with Crippen molar-refractivity contribution in [1.29, 1.82) is 0 Å². The summed E-state index contributed by atoms with van der Waals surface area (Å²) in [7, 11) is 2.99. The van der Waals surface area contributed by atoms with E-state index in [1.54, 1.807) is 16.9 Å². The van der Waals surface area contributed by atoms with Gasteiger partial charge in [0.05, 0.1) is 6.54 Å². The number of amides is 3. The molecule has 0 aromatic rings. The molecule has 3 atom stereocenters. The Balaban J connectivity index is 2.36. The Morgan fingerprint density at radius 3 is 2.52 bits per heavy atom. The van der Waals surface area contributed by atoms with E-state index in [0.717, 1.165) is 5.75 Å². The Morgan fingerprint density at radius 2 is 1.77 bits per heavy atom. The topological polar surface area (TPSA) is 131 Å². The van der Waals surface area contributed by atoms with Crippen molar-refractivity contribution in [3.8, 4) is 0 Å². The van der Waals surface area contributed by atoms with Crippen LogP contribution in [-0.4, -0.2) is 66.2 Å². The van der Waals surface area contributed by atoms with Crippen LogP contribution >= 0.6 is 21.6 Å². The molecule has 1 unspecified atom stereocenters. The number of fused-ring (bicyclic) bond motifs is 7. The van der Waals surface area contributed by atoms with Crippen molar-refractivity contribution >= 4 is 51.1 Å². The van der Waals surface area contributed by atoms with E-state index in [2.05, 4.69) is 16.0 Å². The number of nitrogens with one attached hydrogen (secondary N) is 3. The first-order valence-corrected chi connectivity index (χ1v) is 12.7. The second-order valence-electron chi connectivity index (χ2n) is 7.70. The number of rotatable bonds is 1. The second kappa shape index (κ2) is 12.7. The first kappa shape index (κ1) is 25.3. The first-order valence-electron chi connectivity index (χ1n) is 10.2. The van der Waals surface area contributed by atoms with Gasteiger partial charge in [0.1, 0.15) is 24.5 Å². The zero-order chi connectivity index (χ0) is 22.8. The summed E-state index contributed by atoms with van der Waals surface area (Å²) in [6, 6.07) is -0.847. The molecule has 3 amide bonds. The van der Waals surface area contributed by atoms with Gasteiger partial charge in [0.15, 0.2) is 0 Å². The summed E-state index contributed by atoms with van der Waals surface area (Å²) in [5.41, 5.74) is 0. The highest BCUT2D eigenvalue weighted by Crippen LogP contribution is 2.24. The Bertz CT molecular complexity index is 728. The molecule has 3 N–H and O–H groups in total. The number of carbonyl (C=O) groups excluding carboxylic acids is 5. The average Bonchev–Trinajstić information content (AvgIpc) is 2.71. The summed E-state index contributed by atoms with van der Waals surface area (Å²) < 4.78 is 5.37. The summed E-state index contributed by atoms with van der Waals surface area (Å²) in [4.78, 5) is 62.4. The lowest BCUT2D eigenvalue weighted by Crippen LogP contribution is -2.52. The molecule has 1 saturated heterocycles. The van der Waals surface area contributed by atoms with Crippen LogP contribution < -0.4 is 16.0 Å². The number of hydrogen-bond acceptors (Lipinski definition) is 8. The van der Waals surface area contributed by atoms with Crippen LogP contribution in [0.3, 0.4) is 0 Å². The maximum Gasteiger partial charge on any atom is 0.326 e. The molecular weight excluding hydrogens is 442 g/mol. The summed E-state index contributed by atoms with van der Waals surface area (Å²) in [6.45, 7) is 2.98. The Morgan fingerprint density at radius 1 is 1.00 bits per heavy atom. The maximum absolute atomic E-state index is 12.9. The highest BCUT2D eigenvalue weighted by atomic mass is 33.1. The normalized spacial score (nSPS) is 28.7. The summed E-state index contributed by atoms with van der Waals surface area (Å²) in [6.07, 6.45) is 3.38. The average molecular weight is 472 g/mol. The highest BCUT2D eigenvalue weighted by molar-refractivity contribution is 8.76. The molecule has 0 saturated carbocycles. The smallest absolute Gasteiger partial charge is 0.326 e. The summed E-state index contributed by atoms with van der Waals surface area (Å²) in [5.74, 6) is -2.03. The monoisotopic (exact) mass is 471 g/mol. The highest BCUT2D eigenvalue weighted by Gasteiger charge is 2.30. The maximum atomic E-state index is 12.9. The first-order chi connectivity index (χ1) is 14.8. The van der Waals surface area contributed by atoms with Crippen LogP contribution in [0.2, 0.25) is 0 Å². The lowest BCUT2D eigenvalue weighted by atomic mass is 9.88. The number of hydrogen-bond donors (Lipinski definition) is 3. The van der Waals surface area contributed by atoms with Crippen molar-refractivity contribution in [3.63, 3.8) is 0 Å². The Labute approximate surface area is 189 Å².